The molecular weight excluding hydrogens is 246 g/mol. The zero-order chi connectivity index (χ0) is 10.6. The lowest BCUT2D eigenvalue weighted by atomic mass is 10.1. The van der Waals surface area contributed by atoms with Gasteiger partial charge in [0.15, 0.2) is 5.78 Å². The van der Waals surface area contributed by atoms with Gasteiger partial charge in [-0.05, 0) is 19.4 Å². The Labute approximate surface area is 92.3 Å². The van der Waals surface area contributed by atoms with Crippen molar-refractivity contribution >= 4 is 27.6 Å². The molecule has 1 unspecified atom stereocenters. The third kappa shape index (κ3) is 2.94. The van der Waals surface area contributed by atoms with Crippen molar-refractivity contribution in [1.82, 2.24) is 4.90 Å². The van der Waals surface area contributed by atoms with Crippen LogP contribution in [0, 0.1) is 0 Å². The van der Waals surface area contributed by atoms with Crippen molar-refractivity contribution in [2.24, 2.45) is 0 Å². The Bertz CT molecular complexity index is 263. The molecule has 0 aromatic rings. The summed E-state index contributed by atoms with van der Waals surface area (Å²) in [4.78, 5) is 24.3. The molecule has 0 radical (unpaired) electrons. The molecule has 14 heavy (non-hydrogen) atoms. The van der Waals surface area contributed by atoms with Crippen LogP contribution in [0.15, 0.2) is 12.3 Å². The summed E-state index contributed by atoms with van der Waals surface area (Å²) in [5.74, 6) is 0.197. The average molecular weight is 260 g/mol. The summed E-state index contributed by atoms with van der Waals surface area (Å²) in [6, 6.07) is 0.00956. The first kappa shape index (κ1) is 11.4. The molecule has 1 atom stereocenters. The minimum Gasteiger partial charge on any atom is -0.316 e. The van der Waals surface area contributed by atoms with Gasteiger partial charge < -0.3 is 4.90 Å². The van der Waals surface area contributed by atoms with Gasteiger partial charge in [-0.1, -0.05) is 15.9 Å². The molecule has 0 spiro atoms. The number of ketones is 1. The van der Waals surface area contributed by atoms with Gasteiger partial charge in [-0.2, -0.15) is 0 Å². The van der Waals surface area contributed by atoms with E-state index in [0.29, 0.717) is 12.8 Å². The fourth-order valence-corrected chi connectivity index (χ4v) is 1.72. The van der Waals surface area contributed by atoms with Crippen molar-refractivity contribution in [2.45, 2.75) is 32.2 Å². The van der Waals surface area contributed by atoms with Crippen LogP contribution in [0.5, 0.6) is 0 Å². The number of hydrogen-bond donors (Lipinski definition) is 0. The molecule has 0 fully saturated rings. The molecule has 0 saturated carbocycles. The number of amides is 1. The molecule has 0 aliphatic carbocycles. The SMILES string of the molecule is CC1CC(=O)C=CN1C(=O)CCCBr. The zero-order valence-electron chi connectivity index (χ0n) is 8.20. The Balaban J connectivity index is 2.54. The topological polar surface area (TPSA) is 37.4 Å². The second-order valence-electron chi connectivity index (χ2n) is 3.43. The van der Waals surface area contributed by atoms with E-state index in [9.17, 15) is 9.59 Å². The molecule has 1 heterocycles. The predicted molar refractivity (Wildman–Crippen MR) is 58.1 cm³/mol. The van der Waals surface area contributed by atoms with E-state index >= 15 is 0 Å². The smallest absolute Gasteiger partial charge is 0.226 e. The van der Waals surface area contributed by atoms with Crippen LogP contribution in [-0.4, -0.2) is 28.0 Å². The van der Waals surface area contributed by atoms with Gasteiger partial charge in [0, 0.05) is 30.4 Å². The second kappa shape index (κ2) is 5.29. The van der Waals surface area contributed by atoms with Gasteiger partial charge in [-0.25, -0.2) is 0 Å². The molecule has 1 aliphatic rings. The van der Waals surface area contributed by atoms with Crippen LogP contribution in [0.1, 0.15) is 26.2 Å². The van der Waals surface area contributed by atoms with Crippen LogP contribution in [-0.2, 0) is 9.59 Å². The van der Waals surface area contributed by atoms with Gasteiger partial charge in [-0.3, -0.25) is 9.59 Å². The van der Waals surface area contributed by atoms with E-state index in [1.807, 2.05) is 6.92 Å². The lowest BCUT2D eigenvalue weighted by Crippen LogP contribution is -2.38. The molecule has 3 nitrogen and oxygen atoms in total. The standard InChI is InChI=1S/C10H14BrNO2/c1-8-7-9(13)4-6-12(8)10(14)3-2-5-11/h4,6,8H,2-3,5,7H2,1H3. The highest BCUT2D eigenvalue weighted by molar-refractivity contribution is 9.09. The maximum absolute atomic E-state index is 11.6. The third-order valence-electron chi connectivity index (χ3n) is 2.20. The summed E-state index contributed by atoms with van der Waals surface area (Å²) in [6.45, 7) is 1.90. The van der Waals surface area contributed by atoms with Crippen LogP contribution < -0.4 is 0 Å². The molecule has 1 rings (SSSR count). The molecule has 0 N–H and O–H groups in total. The van der Waals surface area contributed by atoms with Gasteiger partial charge in [0.1, 0.15) is 0 Å². The average Bonchev–Trinajstić information content (AvgIpc) is 2.14. The number of halogens is 1. The van der Waals surface area contributed by atoms with Crippen LogP contribution >= 0.6 is 15.9 Å². The van der Waals surface area contributed by atoms with Crippen molar-refractivity contribution in [3.63, 3.8) is 0 Å². The normalized spacial score (nSPS) is 21.4. The first-order valence-electron chi connectivity index (χ1n) is 4.73. The van der Waals surface area contributed by atoms with Crippen LogP contribution in [0.2, 0.25) is 0 Å². The zero-order valence-corrected chi connectivity index (χ0v) is 9.79. The molecule has 1 amide bonds. The van der Waals surface area contributed by atoms with Crippen LogP contribution in [0.4, 0.5) is 0 Å². The van der Waals surface area contributed by atoms with Crippen molar-refractivity contribution in [3.05, 3.63) is 12.3 Å². The Morgan fingerprint density at radius 1 is 1.71 bits per heavy atom. The summed E-state index contributed by atoms with van der Waals surface area (Å²) in [6.07, 6.45) is 4.90. The largest absolute Gasteiger partial charge is 0.316 e. The fraction of sp³-hybridized carbons (Fsp3) is 0.600. The molecule has 0 bridgehead atoms. The molecule has 78 valence electrons. The summed E-state index contributed by atoms with van der Waals surface area (Å²) >= 11 is 3.28. The van der Waals surface area contributed by atoms with E-state index in [2.05, 4.69) is 15.9 Å². The lowest BCUT2D eigenvalue weighted by Gasteiger charge is -2.27. The number of alkyl halides is 1. The van der Waals surface area contributed by atoms with E-state index in [1.165, 1.54) is 6.08 Å². The van der Waals surface area contributed by atoms with Gasteiger partial charge in [-0.15, -0.1) is 0 Å². The highest BCUT2D eigenvalue weighted by Gasteiger charge is 2.22. The molecule has 0 aromatic heterocycles. The van der Waals surface area contributed by atoms with Gasteiger partial charge in [0.2, 0.25) is 5.91 Å². The Morgan fingerprint density at radius 2 is 2.43 bits per heavy atom. The van der Waals surface area contributed by atoms with Crippen molar-refractivity contribution in [1.29, 1.82) is 0 Å². The molecule has 1 aliphatic heterocycles. The monoisotopic (exact) mass is 259 g/mol. The lowest BCUT2D eigenvalue weighted by molar-refractivity contribution is -0.131. The second-order valence-corrected chi connectivity index (χ2v) is 4.22. The molecule has 0 aromatic carbocycles. The van der Waals surface area contributed by atoms with Crippen LogP contribution in [0.3, 0.4) is 0 Å². The minimum absolute atomic E-state index is 0.00956. The maximum Gasteiger partial charge on any atom is 0.226 e. The fourth-order valence-electron chi connectivity index (χ4n) is 1.44. The number of rotatable bonds is 3. The number of carbonyl (C=O) groups is 2. The van der Waals surface area contributed by atoms with E-state index in [-0.39, 0.29) is 17.7 Å². The van der Waals surface area contributed by atoms with Crippen molar-refractivity contribution < 1.29 is 9.59 Å². The van der Waals surface area contributed by atoms with E-state index in [1.54, 1.807) is 11.1 Å². The Morgan fingerprint density at radius 3 is 3.00 bits per heavy atom. The molecular formula is C10H14BrNO2. The summed E-state index contributed by atoms with van der Waals surface area (Å²) in [5.41, 5.74) is 0. The quantitative estimate of drug-likeness (QED) is 0.726. The number of allylic oxidation sites excluding steroid dienone is 1. The summed E-state index contributed by atoms with van der Waals surface area (Å²) in [7, 11) is 0. The van der Waals surface area contributed by atoms with Gasteiger partial charge in [0.05, 0.1) is 0 Å². The van der Waals surface area contributed by atoms with Crippen LogP contribution in [0.25, 0.3) is 0 Å². The molecule has 0 saturated heterocycles. The van der Waals surface area contributed by atoms with Crippen molar-refractivity contribution in [3.8, 4) is 0 Å². The van der Waals surface area contributed by atoms with E-state index < -0.39 is 0 Å². The highest BCUT2D eigenvalue weighted by Crippen LogP contribution is 2.14. The van der Waals surface area contributed by atoms with E-state index in [4.69, 9.17) is 0 Å². The molecule has 4 heteroatoms. The number of nitrogens with zero attached hydrogens (tertiary/aromatic N) is 1. The number of carbonyl (C=O) groups excluding carboxylic acids is 2. The maximum atomic E-state index is 11.6. The highest BCUT2D eigenvalue weighted by atomic mass is 79.9. The first-order chi connectivity index (χ1) is 6.65. The first-order valence-corrected chi connectivity index (χ1v) is 5.85. The summed E-state index contributed by atoms with van der Waals surface area (Å²) in [5, 5.41) is 0.837. The number of hydrogen-bond acceptors (Lipinski definition) is 2. The van der Waals surface area contributed by atoms with Crippen molar-refractivity contribution in [2.75, 3.05) is 5.33 Å². The summed E-state index contributed by atoms with van der Waals surface area (Å²) < 4.78 is 0. The van der Waals surface area contributed by atoms with Gasteiger partial charge >= 0.3 is 0 Å². The third-order valence-corrected chi connectivity index (χ3v) is 2.77. The predicted octanol–water partition coefficient (Wildman–Crippen LogP) is 1.87. The Kier molecular flexibility index (Phi) is 4.32. The minimum atomic E-state index is 0.00956. The van der Waals surface area contributed by atoms with Gasteiger partial charge in [0.25, 0.3) is 0 Å². The van der Waals surface area contributed by atoms with E-state index in [0.717, 1.165) is 11.8 Å². The Hall–Kier alpha value is -0.640.